The molecule has 0 saturated heterocycles. The van der Waals surface area contributed by atoms with Crippen molar-refractivity contribution >= 4 is 22.7 Å². The summed E-state index contributed by atoms with van der Waals surface area (Å²) >= 11 is 1.43. The molecule has 1 aliphatic rings. The summed E-state index contributed by atoms with van der Waals surface area (Å²) in [6.07, 6.45) is 8.01. The van der Waals surface area contributed by atoms with Crippen molar-refractivity contribution in [1.82, 2.24) is 10.2 Å². The third-order valence-electron chi connectivity index (χ3n) is 3.49. The fourth-order valence-corrected chi connectivity index (χ4v) is 2.61. The van der Waals surface area contributed by atoms with E-state index < -0.39 is 0 Å². The first-order valence-electron chi connectivity index (χ1n) is 7.41. The first-order valence-corrected chi connectivity index (χ1v) is 8.64. The highest BCUT2D eigenvalue weighted by Gasteiger charge is 2.16. The largest absolute Gasteiger partial charge is 0.348 e. The van der Waals surface area contributed by atoms with E-state index in [1.165, 1.54) is 11.8 Å². The topological polar surface area (TPSA) is 44.7 Å². The Balaban J connectivity index is 2.67. The molecule has 1 unspecified atom stereocenters. The van der Waals surface area contributed by atoms with Gasteiger partial charge in [-0.25, -0.2) is 4.99 Å². The molecule has 0 bridgehead atoms. The van der Waals surface area contributed by atoms with Crippen LogP contribution < -0.4 is 5.32 Å². The predicted molar refractivity (Wildman–Crippen MR) is 88.3 cm³/mol. The van der Waals surface area contributed by atoms with Gasteiger partial charge in [0.25, 0.3) is 5.91 Å². The molecule has 20 heavy (non-hydrogen) atoms. The first kappa shape index (κ1) is 17.2. The SMILES string of the molecule is CCCC(CC)NC(=O)C(=NC1=CCN(C)CC1)SC. The van der Waals surface area contributed by atoms with Gasteiger partial charge in [-0.1, -0.05) is 20.3 Å². The Hall–Kier alpha value is -0.810. The summed E-state index contributed by atoms with van der Waals surface area (Å²) < 4.78 is 0. The molecular formula is C15H27N3OS. The summed E-state index contributed by atoms with van der Waals surface area (Å²) in [6, 6.07) is 0.260. The van der Waals surface area contributed by atoms with Gasteiger partial charge in [-0.05, 0) is 32.2 Å². The molecule has 0 radical (unpaired) electrons. The van der Waals surface area contributed by atoms with Crippen molar-refractivity contribution in [3.8, 4) is 0 Å². The van der Waals surface area contributed by atoms with Crippen LogP contribution in [0.2, 0.25) is 0 Å². The minimum absolute atomic E-state index is 0.0300. The smallest absolute Gasteiger partial charge is 0.276 e. The molecular weight excluding hydrogens is 270 g/mol. The van der Waals surface area contributed by atoms with Gasteiger partial charge < -0.3 is 10.2 Å². The molecule has 5 heteroatoms. The summed E-state index contributed by atoms with van der Waals surface area (Å²) in [5.74, 6) is -0.0300. The van der Waals surface area contributed by atoms with Crippen molar-refractivity contribution in [3.05, 3.63) is 11.8 Å². The highest BCUT2D eigenvalue weighted by molar-refractivity contribution is 8.15. The van der Waals surface area contributed by atoms with Crippen LogP contribution in [0, 0.1) is 0 Å². The Labute approximate surface area is 127 Å². The van der Waals surface area contributed by atoms with E-state index in [2.05, 4.69) is 42.2 Å². The second kappa shape index (κ2) is 9.19. The fourth-order valence-electron chi connectivity index (χ4n) is 2.16. The van der Waals surface area contributed by atoms with E-state index in [-0.39, 0.29) is 11.9 Å². The molecule has 1 aliphatic heterocycles. The van der Waals surface area contributed by atoms with Crippen LogP contribution in [0.15, 0.2) is 16.8 Å². The van der Waals surface area contributed by atoms with Gasteiger partial charge in [0, 0.05) is 31.2 Å². The number of thioether (sulfide) groups is 1. The van der Waals surface area contributed by atoms with Gasteiger partial charge in [0.2, 0.25) is 0 Å². The average molecular weight is 297 g/mol. The molecule has 4 nitrogen and oxygen atoms in total. The van der Waals surface area contributed by atoms with Crippen LogP contribution >= 0.6 is 11.8 Å². The standard InChI is InChI=1S/C15H27N3OS/c1-5-7-12(6-2)16-14(19)15(20-4)17-13-8-10-18(3)11-9-13/h8,12H,5-7,9-11H2,1-4H3,(H,16,19). The normalized spacial score (nSPS) is 18.6. The zero-order valence-corrected chi connectivity index (χ0v) is 13.9. The number of amides is 1. The summed E-state index contributed by atoms with van der Waals surface area (Å²) in [6.45, 7) is 6.17. The van der Waals surface area contributed by atoms with Crippen molar-refractivity contribution in [2.45, 2.75) is 45.6 Å². The van der Waals surface area contributed by atoms with E-state index in [0.717, 1.165) is 44.5 Å². The van der Waals surface area contributed by atoms with Gasteiger partial charge in [-0.2, -0.15) is 0 Å². The third kappa shape index (κ3) is 5.67. The van der Waals surface area contributed by atoms with Crippen molar-refractivity contribution in [1.29, 1.82) is 0 Å². The number of hydrogen-bond donors (Lipinski definition) is 1. The van der Waals surface area contributed by atoms with Gasteiger partial charge >= 0.3 is 0 Å². The van der Waals surface area contributed by atoms with Gasteiger partial charge in [-0.3, -0.25) is 4.79 Å². The van der Waals surface area contributed by atoms with Gasteiger partial charge in [0.1, 0.15) is 0 Å². The van der Waals surface area contributed by atoms with E-state index in [4.69, 9.17) is 0 Å². The zero-order valence-electron chi connectivity index (χ0n) is 13.1. The summed E-state index contributed by atoms with van der Waals surface area (Å²) in [7, 11) is 2.09. The lowest BCUT2D eigenvalue weighted by Crippen LogP contribution is -2.38. The maximum absolute atomic E-state index is 12.3. The Bertz CT molecular complexity index is 379. The van der Waals surface area contributed by atoms with Crippen LogP contribution in [-0.4, -0.2) is 48.3 Å². The average Bonchev–Trinajstić information content (AvgIpc) is 2.46. The quantitative estimate of drug-likeness (QED) is 0.627. The van der Waals surface area contributed by atoms with E-state index in [1.807, 2.05) is 6.26 Å². The van der Waals surface area contributed by atoms with Gasteiger partial charge in [0.15, 0.2) is 5.04 Å². The van der Waals surface area contributed by atoms with Crippen molar-refractivity contribution < 1.29 is 4.79 Å². The lowest BCUT2D eigenvalue weighted by atomic mass is 10.1. The molecule has 1 rings (SSSR count). The van der Waals surface area contributed by atoms with E-state index >= 15 is 0 Å². The number of carbonyl (C=O) groups is 1. The summed E-state index contributed by atoms with van der Waals surface area (Å²) in [5, 5.41) is 3.67. The van der Waals surface area contributed by atoms with Crippen LogP contribution in [-0.2, 0) is 4.79 Å². The van der Waals surface area contributed by atoms with Crippen LogP contribution in [0.3, 0.4) is 0 Å². The Morgan fingerprint density at radius 2 is 2.30 bits per heavy atom. The molecule has 0 fully saturated rings. The van der Waals surface area contributed by atoms with Crippen LogP contribution in [0.25, 0.3) is 0 Å². The molecule has 0 aromatic rings. The maximum Gasteiger partial charge on any atom is 0.276 e. The maximum atomic E-state index is 12.3. The number of likely N-dealkylation sites (N-methyl/N-ethyl adjacent to an activating group) is 1. The van der Waals surface area contributed by atoms with Crippen LogP contribution in [0.1, 0.15) is 39.5 Å². The molecule has 0 aromatic carbocycles. The molecule has 0 spiro atoms. The zero-order chi connectivity index (χ0) is 15.0. The van der Waals surface area contributed by atoms with Crippen molar-refractivity contribution in [2.24, 2.45) is 4.99 Å². The van der Waals surface area contributed by atoms with E-state index in [0.29, 0.717) is 5.04 Å². The highest BCUT2D eigenvalue weighted by Crippen LogP contribution is 2.14. The van der Waals surface area contributed by atoms with Crippen molar-refractivity contribution in [3.63, 3.8) is 0 Å². The second-order valence-corrected chi connectivity index (χ2v) is 5.99. The first-order chi connectivity index (χ1) is 9.60. The van der Waals surface area contributed by atoms with E-state index in [1.54, 1.807) is 0 Å². The molecule has 0 aromatic heterocycles. The van der Waals surface area contributed by atoms with Crippen LogP contribution in [0.5, 0.6) is 0 Å². The highest BCUT2D eigenvalue weighted by atomic mass is 32.2. The second-order valence-electron chi connectivity index (χ2n) is 5.20. The molecule has 1 N–H and O–H groups in total. The monoisotopic (exact) mass is 297 g/mol. The Morgan fingerprint density at radius 1 is 1.55 bits per heavy atom. The summed E-state index contributed by atoms with van der Waals surface area (Å²) in [4.78, 5) is 19.0. The lowest BCUT2D eigenvalue weighted by Gasteiger charge is -2.20. The van der Waals surface area contributed by atoms with Gasteiger partial charge in [-0.15, -0.1) is 11.8 Å². The predicted octanol–water partition coefficient (Wildman–Crippen LogP) is 2.66. The number of carbonyl (C=O) groups excluding carboxylic acids is 1. The Morgan fingerprint density at radius 3 is 2.80 bits per heavy atom. The molecule has 0 saturated carbocycles. The van der Waals surface area contributed by atoms with Gasteiger partial charge in [0.05, 0.1) is 0 Å². The van der Waals surface area contributed by atoms with E-state index in [9.17, 15) is 4.79 Å². The fraction of sp³-hybridized carbons (Fsp3) is 0.733. The third-order valence-corrected chi connectivity index (χ3v) is 4.15. The molecule has 1 heterocycles. The Kier molecular flexibility index (Phi) is 7.92. The minimum atomic E-state index is -0.0300. The number of rotatable bonds is 5. The summed E-state index contributed by atoms with van der Waals surface area (Å²) in [5.41, 5.74) is 1.03. The van der Waals surface area contributed by atoms with Crippen LogP contribution in [0.4, 0.5) is 0 Å². The number of nitrogens with one attached hydrogen (secondary N) is 1. The molecule has 1 amide bonds. The molecule has 114 valence electrons. The number of aliphatic imine (C=N–C) groups is 1. The lowest BCUT2D eigenvalue weighted by molar-refractivity contribution is -0.115. The molecule has 0 aliphatic carbocycles. The minimum Gasteiger partial charge on any atom is -0.348 e. The van der Waals surface area contributed by atoms with Crippen molar-refractivity contribution in [2.75, 3.05) is 26.4 Å². The number of nitrogens with zero attached hydrogens (tertiary/aromatic N) is 2. The molecule has 1 atom stereocenters. The number of hydrogen-bond acceptors (Lipinski definition) is 4.